The van der Waals surface area contributed by atoms with Gasteiger partial charge in [0.15, 0.2) is 0 Å². The number of likely N-dealkylation sites (N-methyl/N-ethyl adjacent to an activating group) is 2. The molecule has 0 radical (unpaired) electrons. The normalized spacial score (nSPS) is 25.7. The Morgan fingerprint density at radius 3 is 2.44 bits per heavy atom. The highest BCUT2D eigenvalue weighted by Crippen LogP contribution is 2.22. The lowest BCUT2D eigenvalue weighted by molar-refractivity contribution is 0.176. The van der Waals surface area contributed by atoms with Gasteiger partial charge < -0.3 is 14.5 Å². The minimum Gasteiger partial charge on any atom is -0.381 e. The second-order valence-corrected chi connectivity index (χ2v) is 6.24. The van der Waals surface area contributed by atoms with E-state index in [1.165, 1.54) is 58.2 Å². The molecule has 0 aromatic carbocycles. The average Bonchev–Trinajstić information content (AvgIpc) is 3.05. The fraction of sp³-hybridized carbons (Fsp3) is 1.00. The highest BCUT2D eigenvalue weighted by molar-refractivity contribution is 4.75. The molecule has 0 bridgehead atoms. The molecule has 0 N–H and O–H groups in total. The van der Waals surface area contributed by atoms with Crippen molar-refractivity contribution in [3.8, 4) is 0 Å². The van der Waals surface area contributed by atoms with Crippen molar-refractivity contribution in [3.05, 3.63) is 0 Å². The highest BCUT2D eigenvalue weighted by atomic mass is 16.5. The maximum atomic E-state index is 5.43. The van der Waals surface area contributed by atoms with Crippen molar-refractivity contribution in [1.29, 1.82) is 0 Å². The van der Waals surface area contributed by atoms with E-state index >= 15 is 0 Å². The van der Waals surface area contributed by atoms with E-state index in [1.54, 1.807) is 0 Å². The van der Waals surface area contributed by atoms with Gasteiger partial charge in [-0.25, -0.2) is 0 Å². The van der Waals surface area contributed by atoms with Crippen molar-refractivity contribution in [3.63, 3.8) is 0 Å². The van der Waals surface area contributed by atoms with Gasteiger partial charge in [0.25, 0.3) is 0 Å². The maximum Gasteiger partial charge on any atom is 0.0495 e. The Morgan fingerprint density at radius 1 is 1.00 bits per heavy atom. The second kappa shape index (κ2) is 7.46. The van der Waals surface area contributed by atoms with E-state index in [4.69, 9.17) is 4.74 Å². The summed E-state index contributed by atoms with van der Waals surface area (Å²) in [7, 11) is 4.56. The van der Waals surface area contributed by atoms with Gasteiger partial charge in [-0.15, -0.1) is 0 Å². The Kier molecular flexibility index (Phi) is 5.93. The monoisotopic (exact) mass is 254 g/mol. The van der Waals surface area contributed by atoms with Crippen molar-refractivity contribution < 1.29 is 4.74 Å². The molecule has 1 atom stereocenters. The van der Waals surface area contributed by atoms with Crippen molar-refractivity contribution in [1.82, 2.24) is 9.80 Å². The van der Waals surface area contributed by atoms with Crippen LogP contribution >= 0.6 is 0 Å². The fourth-order valence-corrected chi connectivity index (χ4v) is 3.18. The molecule has 2 aliphatic rings. The molecule has 106 valence electrons. The molecular formula is C15H30N2O. The summed E-state index contributed by atoms with van der Waals surface area (Å²) in [6, 6.07) is 0.863. The zero-order chi connectivity index (χ0) is 12.8. The Hall–Kier alpha value is -0.120. The smallest absolute Gasteiger partial charge is 0.0495 e. The first-order valence-corrected chi connectivity index (χ1v) is 7.72. The van der Waals surface area contributed by atoms with Crippen LogP contribution in [0.15, 0.2) is 0 Å². The molecule has 0 spiro atoms. The lowest BCUT2D eigenvalue weighted by Gasteiger charge is -2.27. The van der Waals surface area contributed by atoms with E-state index in [9.17, 15) is 0 Å². The molecule has 0 aromatic heterocycles. The van der Waals surface area contributed by atoms with Crippen LogP contribution in [0, 0.1) is 5.92 Å². The van der Waals surface area contributed by atoms with Crippen LogP contribution in [0.5, 0.6) is 0 Å². The lowest BCUT2D eigenvalue weighted by atomic mass is 10.1. The van der Waals surface area contributed by atoms with Crippen LogP contribution in [0.25, 0.3) is 0 Å². The van der Waals surface area contributed by atoms with Crippen molar-refractivity contribution in [2.24, 2.45) is 5.92 Å². The van der Waals surface area contributed by atoms with E-state index in [0.717, 1.165) is 25.2 Å². The summed E-state index contributed by atoms with van der Waals surface area (Å²) in [5.41, 5.74) is 0. The molecule has 0 aromatic rings. The standard InChI is InChI=1S/C15H30N2O/c1-16(9-7-14-8-12-18-13-14)10-11-17(2)15-5-3-4-6-15/h14-15H,3-13H2,1-2H3. The van der Waals surface area contributed by atoms with Gasteiger partial charge in [-0.3, -0.25) is 0 Å². The molecule has 1 saturated carbocycles. The van der Waals surface area contributed by atoms with Crippen LogP contribution in [0.3, 0.4) is 0 Å². The molecule has 1 saturated heterocycles. The molecule has 1 aliphatic heterocycles. The minimum atomic E-state index is 0.819. The summed E-state index contributed by atoms with van der Waals surface area (Å²) < 4.78 is 5.43. The number of hydrogen-bond donors (Lipinski definition) is 0. The summed E-state index contributed by atoms with van der Waals surface area (Å²) in [4.78, 5) is 5.06. The predicted octanol–water partition coefficient (Wildman–Crippen LogP) is 2.22. The third-order valence-electron chi connectivity index (χ3n) is 4.73. The molecule has 3 heteroatoms. The number of ether oxygens (including phenoxy) is 1. The molecule has 18 heavy (non-hydrogen) atoms. The van der Waals surface area contributed by atoms with Crippen LogP contribution in [0.2, 0.25) is 0 Å². The topological polar surface area (TPSA) is 15.7 Å². The minimum absolute atomic E-state index is 0.819. The fourth-order valence-electron chi connectivity index (χ4n) is 3.18. The summed E-state index contributed by atoms with van der Waals surface area (Å²) in [5.74, 6) is 0.819. The maximum absolute atomic E-state index is 5.43. The number of rotatable bonds is 7. The number of nitrogens with zero attached hydrogens (tertiary/aromatic N) is 2. The van der Waals surface area contributed by atoms with E-state index in [1.807, 2.05) is 0 Å². The van der Waals surface area contributed by atoms with Crippen molar-refractivity contribution >= 4 is 0 Å². The van der Waals surface area contributed by atoms with Crippen molar-refractivity contribution in [2.75, 3.05) is 46.9 Å². The Morgan fingerprint density at radius 2 is 1.78 bits per heavy atom. The average molecular weight is 254 g/mol. The van der Waals surface area contributed by atoms with E-state index in [-0.39, 0.29) is 0 Å². The van der Waals surface area contributed by atoms with E-state index < -0.39 is 0 Å². The van der Waals surface area contributed by atoms with Crippen LogP contribution in [-0.2, 0) is 4.74 Å². The largest absolute Gasteiger partial charge is 0.381 e. The van der Waals surface area contributed by atoms with Gasteiger partial charge in [-0.05, 0) is 52.2 Å². The molecule has 1 aliphatic carbocycles. The summed E-state index contributed by atoms with van der Waals surface area (Å²) in [6.07, 6.45) is 8.29. The van der Waals surface area contributed by atoms with Gasteiger partial charge in [0.05, 0.1) is 0 Å². The van der Waals surface area contributed by atoms with Gasteiger partial charge in [-0.2, -0.15) is 0 Å². The molecule has 2 fully saturated rings. The molecule has 3 nitrogen and oxygen atoms in total. The molecule has 2 rings (SSSR count). The summed E-state index contributed by atoms with van der Waals surface area (Å²) in [5, 5.41) is 0. The Labute approximate surface area is 112 Å². The highest BCUT2D eigenvalue weighted by Gasteiger charge is 2.20. The second-order valence-electron chi connectivity index (χ2n) is 6.24. The van der Waals surface area contributed by atoms with Crippen molar-refractivity contribution in [2.45, 2.75) is 44.6 Å². The Balaban J connectivity index is 1.54. The number of hydrogen-bond acceptors (Lipinski definition) is 3. The molecule has 0 amide bonds. The van der Waals surface area contributed by atoms with Gasteiger partial charge in [0.1, 0.15) is 0 Å². The van der Waals surface area contributed by atoms with E-state index in [0.29, 0.717) is 0 Å². The first kappa shape index (κ1) is 14.3. The summed E-state index contributed by atoms with van der Waals surface area (Å²) in [6.45, 7) is 5.64. The van der Waals surface area contributed by atoms with Crippen LogP contribution < -0.4 is 0 Å². The zero-order valence-electron chi connectivity index (χ0n) is 12.2. The predicted molar refractivity (Wildman–Crippen MR) is 75.9 cm³/mol. The van der Waals surface area contributed by atoms with Gasteiger partial charge in [0.2, 0.25) is 0 Å². The van der Waals surface area contributed by atoms with E-state index in [2.05, 4.69) is 23.9 Å². The first-order chi connectivity index (χ1) is 8.75. The summed E-state index contributed by atoms with van der Waals surface area (Å²) >= 11 is 0. The van der Waals surface area contributed by atoms with Gasteiger partial charge in [0, 0.05) is 32.3 Å². The van der Waals surface area contributed by atoms with Crippen LogP contribution in [0.4, 0.5) is 0 Å². The molecule has 1 heterocycles. The Bertz CT molecular complexity index is 223. The SMILES string of the molecule is CN(CCC1CCOC1)CCN(C)C1CCCC1. The third kappa shape index (κ3) is 4.52. The lowest BCUT2D eigenvalue weighted by Crippen LogP contribution is -2.36. The molecular weight excluding hydrogens is 224 g/mol. The van der Waals surface area contributed by atoms with Gasteiger partial charge in [-0.1, -0.05) is 12.8 Å². The zero-order valence-corrected chi connectivity index (χ0v) is 12.2. The van der Waals surface area contributed by atoms with Crippen LogP contribution in [-0.4, -0.2) is 62.8 Å². The molecule has 1 unspecified atom stereocenters. The first-order valence-electron chi connectivity index (χ1n) is 7.72. The van der Waals surface area contributed by atoms with Gasteiger partial charge >= 0.3 is 0 Å². The quantitative estimate of drug-likeness (QED) is 0.693. The third-order valence-corrected chi connectivity index (χ3v) is 4.73. The van der Waals surface area contributed by atoms with Crippen LogP contribution in [0.1, 0.15) is 38.5 Å².